The number of rotatable bonds is 12. The van der Waals surface area contributed by atoms with Crippen LogP contribution in [0.1, 0.15) is 50.8 Å². The summed E-state index contributed by atoms with van der Waals surface area (Å²) >= 11 is 0. The number of amides is 1. The minimum absolute atomic E-state index is 0.0745. The number of nitrogens with zero attached hydrogens (tertiary/aromatic N) is 1. The average molecular weight is 482 g/mol. The summed E-state index contributed by atoms with van der Waals surface area (Å²) in [7, 11) is 1.59. The van der Waals surface area contributed by atoms with Gasteiger partial charge in [-0.3, -0.25) is 9.59 Å². The van der Waals surface area contributed by atoms with Gasteiger partial charge in [-0.05, 0) is 60.7 Å². The highest BCUT2D eigenvalue weighted by molar-refractivity contribution is 6.46. The molecule has 1 fully saturated rings. The molecular weight excluding hydrogens is 446 g/mol. The van der Waals surface area contributed by atoms with Gasteiger partial charge in [0.1, 0.15) is 17.3 Å². The molecule has 1 aliphatic rings. The van der Waals surface area contributed by atoms with Crippen LogP contribution >= 0.6 is 0 Å². The van der Waals surface area contributed by atoms with Gasteiger partial charge in [-0.1, -0.05) is 32.9 Å². The summed E-state index contributed by atoms with van der Waals surface area (Å²) in [5.41, 5.74) is 1.25. The van der Waals surface area contributed by atoms with E-state index < -0.39 is 17.7 Å². The number of carbonyl (C=O) groups excluding carboxylic acids is 2. The lowest BCUT2D eigenvalue weighted by Crippen LogP contribution is -2.31. The Bertz CT molecular complexity index is 1030. The largest absolute Gasteiger partial charge is 0.507 e. The molecule has 1 N–H and O–H groups in total. The molecule has 7 heteroatoms. The van der Waals surface area contributed by atoms with E-state index in [4.69, 9.17) is 14.2 Å². The van der Waals surface area contributed by atoms with E-state index in [2.05, 4.69) is 13.8 Å². The maximum atomic E-state index is 13.1. The fourth-order valence-electron chi connectivity index (χ4n) is 3.93. The molecule has 0 aromatic heterocycles. The number of aliphatic hydroxyl groups excluding tert-OH is 1. The molecule has 2 aromatic rings. The molecule has 35 heavy (non-hydrogen) atoms. The molecule has 1 amide bonds. The Kier molecular flexibility index (Phi) is 9.32. The van der Waals surface area contributed by atoms with E-state index in [0.717, 1.165) is 12.0 Å². The van der Waals surface area contributed by atoms with Crippen molar-refractivity contribution in [3.05, 3.63) is 65.2 Å². The summed E-state index contributed by atoms with van der Waals surface area (Å²) < 4.78 is 16.5. The number of carbonyl (C=O) groups is 2. The van der Waals surface area contributed by atoms with Crippen molar-refractivity contribution in [1.82, 2.24) is 4.90 Å². The predicted octanol–water partition coefficient (Wildman–Crippen LogP) is 4.97. The Hall–Kier alpha value is -3.32. The first-order valence-corrected chi connectivity index (χ1v) is 12.1. The van der Waals surface area contributed by atoms with Gasteiger partial charge >= 0.3 is 0 Å². The van der Waals surface area contributed by atoms with Crippen molar-refractivity contribution in [2.24, 2.45) is 5.92 Å². The Morgan fingerprint density at radius 1 is 0.971 bits per heavy atom. The van der Waals surface area contributed by atoms with Crippen LogP contribution in [0.2, 0.25) is 0 Å². The molecule has 0 spiro atoms. The zero-order valence-corrected chi connectivity index (χ0v) is 21.0. The van der Waals surface area contributed by atoms with Crippen molar-refractivity contribution in [2.45, 2.75) is 39.7 Å². The molecule has 0 radical (unpaired) electrons. The summed E-state index contributed by atoms with van der Waals surface area (Å²) in [5.74, 6) is 0.242. The van der Waals surface area contributed by atoms with Crippen LogP contribution < -0.4 is 9.47 Å². The number of hydrogen-bond acceptors (Lipinski definition) is 6. The molecule has 2 aromatic carbocycles. The van der Waals surface area contributed by atoms with Crippen LogP contribution in [0.5, 0.6) is 11.5 Å². The van der Waals surface area contributed by atoms with E-state index >= 15 is 0 Å². The molecule has 7 nitrogen and oxygen atoms in total. The number of likely N-dealkylation sites (tertiary alicyclic amines) is 1. The van der Waals surface area contributed by atoms with Gasteiger partial charge in [-0.15, -0.1) is 0 Å². The molecular formula is C28H35NO6. The second-order valence-electron chi connectivity index (χ2n) is 8.99. The third kappa shape index (κ3) is 6.42. The van der Waals surface area contributed by atoms with Crippen LogP contribution in [0.4, 0.5) is 0 Å². The second-order valence-corrected chi connectivity index (χ2v) is 8.99. The first-order valence-electron chi connectivity index (χ1n) is 12.1. The van der Waals surface area contributed by atoms with E-state index in [0.29, 0.717) is 55.8 Å². The first-order chi connectivity index (χ1) is 16.9. The highest BCUT2D eigenvalue weighted by atomic mass is 16.5. The topological polar surface area (TPSA) is 85.3 Å². The minimum Gasteiger partial charge on any atom is -0.507 e. The van der Waals surface area contributed by atoms with Crippen LogP contribution in [-0.4, -0.2) is 55.2 Å². The van der Waals surface area contributed by atoms with E-state index in [1.54, 1.807) is 31.4 Å². The number of hydrogen-bond donors (Lipinski definition) is 1. The number of aliphatic hydroxyl groups is 1. The quantitative estimate of drug-likeness (QED) is 0.199. The summed E-state index contributed by atoms with van der Waals surface area (Å²) in [6.07, 6.45) is 1.46. The van der Waals surface area contributed by atoms with E-state index in [1.807, 2.05) is 31.2 Å². The lowest BCUT2D eigenvalue weighted by molar-refractivity contribution is -0.140. The van der Waals surface area contributed by atoms with E-state index in [9.17, 15) is 14.7 Å². The first kappa shape index (κ1) is 26.3. The highest BCUT2D eigenvalue weighted by Crippen LogP contribution is 2.40. The summed E-state index contributed by atoms with van der Waals surface area (Å²) in [5, 5.41) is 11.2. The van der Waals surface area contributed by atoms with Crippen molar-refractivity contribution in [3.63, 3.8) is 0 Å². The fourth-order valence-corrected chi connectivity index (χ4v) is 3.93. The number of Topliss-reactive ketones (excluding diaryl/α,β-unsaturated/α-hetero) is 1. The van der Waals surface area contributed by atoms with Crippen molar-refractivity contribution in [3.8, 4) is 11.5 Å². The number of ketones is 1. The van der Waals surface area contributed by atoms with Gasteiger partial charge in [0.25, 0.3) is 11.7 Å². The standard InChI is InChI=1S/C28H35NO6/c1-5-16-34-22-11-7-20(8-12-22)25-24(27(31)28(32)29(25)15-6-17-33-4)26(30)21-9-13-23(14-10-21)35-18-19(2)3/h7-14,19,25,30H,5-6,15-18H2,1-4H3/b26-24-. The lowest BCUT2D eigenvalue weighted by Gasteiger charge is -2.25. The molecule has 1 heterocycles. The van der Waals surface area contributed by atoms with Gasteiger partial charge in [0, 0.05) is 25.8 Å². The molecule has 1 atom stereocenters. The van der Waals surface area contributed by atoms with E-state index in [1.165, 1.54) is 4.90 Å². The molecule has 188 valence electrons. The maximum Gasteiger partial charge on any atom is 0.295 e. The van der Waals surface area contributed by atoms with Crippen LogP contribution in [0, 0.1) is 5.92 Å². The van der Waals surface area contributed by atoms with Crippen molar-refractivity contribution in [1.29, 1.82) is 0 Å². The summed E-state index contributed by atoms with van der Waals surface area (Å²) in [6, 6.07) is 13.5. The lowest BCUT2D eigenvalue weighted by atomic mass is 9.95. The Labute approximate surface area is 207 Å². The van der Waals surface area contributed by atoms with Gasteiger partial charge in [-0.25, -0.2) is 0 Å². The third-order valence-corrected chi connectivity index (χ3v) is 5.67. The van der Waals surface area contributed by atoms with Crippen LogP contribution in [0.3, 0.4) is 0 Å². The monoisotopic (exact) mass is 481 g/mol. The van der Waals surface area contributed by atoms with E-state index in [-0.39, 0.29) is 11.3 Å². The Morgan fingerprint density at radius 2 is 1.60 bits per heavy atom. The zero-order chi connectivity index (χ0) is 25.4. The fraction of sp³-hybridized carbons (Fsp3) is 0.429. The third-order valence-electron chi connectivity index (χ3n) is 5.67. The summed E-state index contributed by atoms with van der Waals surface area (Å²) in [6.45, 7) is 8.13. The van der Waals surface area contributed by atoms with Crippen molar-refractivity contribution in [2.75, 3.05) is 33.5 Å². The van der Waals surface area contributed by atoms with Gasteiger partial charge in [0.15, 0.2) is 0 Å². The van der Waals surface area contributed by atoms with Gasteiger partial charge in [0.2, 0.25) is 0 Å². The molecule has 1 saturated heterocycles. The van der Waals surface area contributed by atoms with Crippen molar-refractivity contribution < 1.29 is 28.9 Å². The number of benzene rings is 2. The maximum absolute atomic E-state index is 13.1. The Morgan fingerprint density at radius 3 is 2.20 bits per heavy atom. The number of methoxy groups -OCH3 is 1. The smallest absolute Gasteiger partial charge is 0.295 e. The van der Waals surface area contributed by atoms with Crippen LogP contribution in [0.15, 0.2) is 54.1 Å². The van der Waals surface area contributed by atoms with Gasteiger partial charge < -0.3 is 24.2 Å². The molecule has 0 aliphatic carbocycles. The SMILES string of the molecule is CCCOc1ccc(C2/C(=C(/O)c3ccc(OCC(C)C)cc3)C(=O)C(=O)N2CCCOC)cc1. The normalized spacial score (nSPS) is 17.3. The van der Waals surface area contributed by atoms with Gasteiger partial charge in [-0.2, -0.15) is 0 Å². The average Bonchev–Trinajstić information content (AvgIpc) is 3.11. The highest BCUT2D eigenvalue weighted by Gasteiger charge is 2.45. The van der Waals surface area contributed by atoms with Crippen LogP contribution in [0.25, 0.3) is 5.76 Å². The predicted molar refractivity (Wildman–Crippen MR) is 135 cm³/mol. The minimum atomic E-state index is -0.705. The molecule has 0 saturated carbocycles. The zero-order valence-electron chi connectivity index (χ0n) is 21.0. The van der Waals surface area contributed by atoms with Crippen molar-refractivity contribution >= 4 is 17.4 Å². The van der Waals surface area contributed by atoms with Crippen LogP contribution in [-0.2, 0) is 14.3 Å². The molecule has 0 bridgehead atoms. The number of ether oxygens (including phenoxy) is 3. The molecule has 3 rings (SSSR count). The summed E-state index contributed by atoms with van der Waals surface area (Å²) in [4.78, 5) is 27.6. The molecule has 1 aliphatic heterocycles. The second kappa shape index (κ2) is 12.4. The Balaban J connectivity index is 1.98. The molecule has 1 unspecified atom stereocenters. The van der Waals surface area contributed by atoms with Gasteiger partial charge in [0.05, 0.1) is 24.8 Å².